The number of benzene rings is 2. The van der Waals surface area contributed by atoms with E-state index in [9.17, 15) is 0 Å². The predicted molar refractivity (Wildman–Crippen MR) is 112 cm³/mol. The third kappa shape index (κ3) is 2.14. The van der Waals surface area contributed by atoms with Crippen LogP contribution in [0, 0.1) is 6.92 Å². The van der Waals surface area contributed by atoms with Crippen LogP contribution in [-0.4, -0.2) is 9.97 Å². The third-order valence-corrected chi connectivity index (χ3v) is 6.22. The van der Waals surface area contributed by atoms with Crippen molar-refractivity contribution in [3.8, 4) is 11.3 Å². The van der Waals surface area contributed by atoms with Gasteiger partial charge in [-0.05, 0) is 48.9 Å². The van der Waals surface area contributed by atoms with Crippen molar-refractivity contribution in [1.29, 1.82) is 0 Å². The zero-order chi connectivity index (χ0) is 18.0. The van der Waals surface area contributed by atoms with Gasteiger partial charge in [-0.2, -0.15) is 0 Å². The molecule has 0 atom stereocenters. The first kappa shape index (κ1) is 14.9. The van der Waals surface area contributed by atoms with E-state index in [-0.39, 0.29) is 0 Å². The minimum atomic E-state index is 0.817. The number of aromatic nitrogens is 2. The second-order valence-corrected chi connectivity index (χ2v) is 7.82. The fourth-order valence-electron chi connectivity index (χ4n) is 3.82. The molecule has 6 aromatic rings. The molecule has 27 heavy (non-hydrogen) atoms. The highest BCUT2D eigenvalue weighted by Gasteiger charge is 2.13. The van der Waals surface area contributed by atoms with Crippen molar-refractivity contribution in [1.82, 2.24) is 9.97 Å². The monoisotopic (exact) mass is 366 g/mol. The Balaban J connectivity index is 1.60. The summed E-state index contributed by atoms with van der Waals surface area (Å²) in [6, 6.07) is 19.1. The van der Waals surface area contributed by atoms with E-state index in [0.29, 0.717) is 0 Å². The highest BCUT2D eigenvalue weighted by atomic mass is 32.1. The normalized spacial score (nSPS) is 11.9. The van der Waals surface area contributed by atoms with E-state index in [1.165, 1.54) is 21.0 Å². The molecule has 2 aromatic carbocycles. The summed E-state index contributed by atoms with van der Waals surface area (Å²) in [6.45, 7) is 2.13. The lowest BCUT2D eigenvalue weighted by molar-refractivity contribution is 0.667. The summed E-state index contributed by atoms with van der Waals surface area (Å²) in [4.78, 5) is 10.2. The Kier molecular flexibility index (Phi) is 2.96. The number of nitrogens with zero attached hydrogens (tertiary/aromatic N) is 2. The molecule has 0 amide bonds. The highest BCUT2D eigenvalue weighted by Crippen LogP contribution is 2.37. The molecule has 0 bridgehead atoms. The molecule has 4 aromatic heterocycles. The van der Waals surface area contributed by atoms with Gasteiger partial charge in [0.05, 0.1) is 11.9 Å². The molecule has 4 heteroatoms. The van der Waals surface area contributed by atoms with Crippen LogP contribution in [0.1, 0.15) is 5.56 Å². The van der Waals surface area contributed by atoms with Crippen LogP contribution in [0.15, 0.2) is 71.4 Å². The second-order valence-electron chi connectivity index (χ2n) is 6.78. The molecule has 0 radical (unpaired) electrons. The maximum Gasteiger partial charge on any atom is 0.153 e. The van der Waals surface area contributed by atoms with E-state index in [1.807, 2.05) is 6.07 Å². The van der Waals surface area contributed by atoms with E-state index < -0.39 is 0 Å². The molecular formula is C23H14N2OS. The summed E-state index contributed by atoms with van der Waals surface area (Å²) in [6.07, 6.45) is 3.57. The van der Waals surface area contributed by atoms with Gasteiger partial charge in [0.2, 0.25) is 0 Å². The quantitative estimate of drug-likeness (QED) is 0.324. The van der Waals surface area contributed by atoms with Gasteiger partial charge in [0.25, 0.3) is 0 Å². The molecule has 0 unspecified atom stereocenters. The van der Waals surface area contributed by atoms with Crippen LogP contribution in [-0.2, 0) is 0 Å². The molecule has 0 aliphatic rings. The summed E-state index contributed by atoms with van der Waals surface area (Å²) in [5, 5.41) is 4.71. The lowest BCUT2D eigenvalue weighted by Crippen LogP contribution is -1.87. The second kappa shape index (κ2) is 5.38. The topological polar surface area (TPSA) is 38.9 Å². The molecule has 128 valence electrons. The first-order valence-corrected chi connectivity index (χ1v) is 9.65. The van der Waals surface area contributed by atoms with Crippen molar-refractivity contribution >= 4 is 53.6 Å². The molecule has 4 heterocycles. The third-order valence-electron chi connectivity index (χ3n) is 5.14. The van der Waals surface area contributed by atoms with Crippen LogP contribution in [0.5, 0.6) is 0 Å². The van der Waals surface area contributed by atoms with E-state index in [0.717, 1.165) is 38.0 Å². The highest BCUT2D eigenvalue weighted by molar-refractivity contribution is 7.25. The molecule has 0 spiro atoms. The average Bonchev–Trinajstić information content (AvgIpc) is 3.24. The molecule has 0 N–H and O–H groups in total. The Morgan fingerprint density at radius 2 is 1.78 bits per heavy atom. The lowest BCUT2D eigenvalue weighted by atomic mass is 10.0. The Labute approximate surface area is 158 Å². The molecule has 0 aliphatic heterocycles. The number of pyridine rings is 2. The number of fused-ring (bicyclic) bond motifs is 6. The van der Waals surface area contributed by atoms with Gasteiger partial charge in [-0.25, -0.2) is 4.98 Å². The van der Waals surface area contributed by atoms with Gasteiger partial charge in [-0.15, -0.1) is 11.3 Å². The summed E-state index contributed by atoms with van der Waals surface area (Å²) < 4.78 is 7.29. The van der Waals surface area contributed by atoms with Crippen LogP contribution >= 0.6 is 11.3 Å². The Hall–Kier alpha value is -3.24. The van der Waals surface area contributed by atoms with Crippen molar-refractivity contribution in [2.45, 2.75) is 6.92 Å². The first-order chi connectivity index (χ1) is 13.3. The largest absolute Gasteiger partial charge is 0.454 e. The van der Waals surface area contributed by atoms with Crippen molar-refractivity contribution in [2.75, 3.05) is 0 Å². The van der Waals surface area contributed by atoms with E-state index in [1.54, 1.807) is 23.7 Å². The number of rotatable bonds is 1. The standard InChI is InChI=1S/C23H14N2OS/c1-13-10-18-14-8-9-24-12-21(14)26-20(18)11-17(13)19-7-6-16-15-4-2-3-5-22(15)27-23(16)25-19/h2-12H,1H3. The summed E-state index contributed by atoms with van der Waals surface area (Å²) >= 11 is 1.74. The van der Waals surface area contributed by atoms with Crippen LogP contribution in [0.25, 0.3) is 53.5 Å². The number of thiophene rings is 1. The van der Waals surface area contributed by atoms with Crippen molar-refractivity contribution in [3.05, 3.63) is 72.6 Å². The van der Waals surface area contributed by atoms with Crippen molar-refractivity contribution in [2.24, 2.45) is 0 Å². The molecule has 0 saturated carbocycles. The molecule has 0 aliphatic carbocycles. The van der Waals surface area contributed by atoms with Gasteiger partial charge >= 0.3 is 0 Å². The first-order valence-electron chi connectivity index (χ1n) is 8.83. The van der Waals surface area contributed by atoms with Gasteiger partial charge in [0.15, 0.2) is 5.58 Å². The lowest BCUT2D eigenvalue weighted by Gasteiger charge is -2.06. The minimum Gasteiger partial charge on any atom is -0.454 e. The maximum absolute atomic E-state index is 6.02. The SMILES string of the molecule is Cc1cc2c(cc1-c1ccc3c(n1)sc1ccccc13)oc1cnccc12. The number of hydrogen-bond acceptors (Lipinski definition) is 4. The van der Waals surface area contributed by atoms with E-state index >= 15 is 0 Å². The Morgan fingerprint density at radius 1 is 0.852 bits per heavy atom. The van der Waals surface area contributed by atoms with Gasteiger partial charge < -0.3 is 4.42 Å². The fourth-order valence-corrected chi connectivity index (χ4v) is 4.89. The number of hydrogen-bond donors (Lipinski definition) is 0. The van der Waals surface area contributed by atoms with Gasteiger partial charge in [-0.3, -0.25) is 4.98 Å². The molecular weight excluding hydrogens is 352 g/mol. The van der Waals surface area contributed by atoms with Crippen LogP contribution in [0.2, 0.25) is 0 Å². The van der Waals surface area contributed by atoms with E-state index in [4.69, 9.17) is 9.40 Å². The summed E-state index contributed by atoms with van der Waals surface area (Å²) in [7, 11) is 0. The Bertz CT molecular complexity index is 1490. The minimum absolute atomic E-state index is 0.817. The van der Waals surface area contributed by atoms with Crippen molar-refractivity contribution < 1.29 is 4.42 Å². The van der Waals surface area contributed by atoms with Crippen molar-refractivity contribution in [3.63, 3.8) is 0 Å². The fraction of sp³-hybridized carbons (Fsp3) is 0.0435. The zero-order valence-corrected chi connectivity index (χ0v) is 15.4. The zero-order valence-electron chi connectivity index (χ0n) is 14.6. The predicted octanol–water partition coefficient (Wildman–Crippen LogP) is 6.72. The summed E-state index contributed by atoms with van der Waals surface area (Å²) in [5.74, 6) is 0. The van der Waals surface area contributed by atoms with E-state index in [2.05, 4.69) is 60.4 Å². The van der Waals surface area contributed by atoms with Gasteiger partial charge in [0.1, 0.15) is 10.4 Å². The van der Waals surface area contributed by atoms with Crippen LogP contribution < -0.4 is 0 Å². The number of aryl methyl sites for hydroxylation is 1. The van der Waals surface area contributed by atoms with Gasteiger partial charge in [0, 0.05) is 38.0 Å². The van der Waals surface area contributed by atoms with Crippen LogP contribution in [0.4, 0.5) is 0 Å². The van der Waals surface area contributed by atoms with Crippen LogP contribution in [0.3, 0.4) is 0 Å². The summed E-state index contributed by atoms with van der Waals surface area (Å²) in [5.41, 5.74) is 4.96. The molecule has 0 saturated heterocycles. The molecule has 0 fully saturated rings. The molecule has 6 rings (SSSR count). The number of furan rings is 1. The van der Waals surface area contributed by atoms with Gasteiger partial charge in [-0.1, -0.05) is 18.2 Å². The average molecular weight is 366 g/mol. The molecule has 3 nitrogen and oxygen atoms in total. The smallest absolute Gasteiger partial charge is 0.153 e. The maximum atomic E-state index is 6.02. The Morgan fingerprint density at radius 3 is 2.74 bits per heavy atom.